The Balaban J connectivity index is 1.96. The molecule has 2 heterocycles. The van der Waals surface area contributed by atoms with Crippen molar-refractivity contribution in [1.29, 1.82) is 0 Å². The summed E-state index contributed by atoms with van der Waals surface area (Å²) in [6.07, 6.45) is 4.75. The van der Waals surface area contributed by atoms with Gasteiger partial charge in [-0.3, -0.25) is 0 Å². The molecule has 2 aromatic heterocycles. The number of hydrogen-bond donors (Lipinski definition) is 2. The van der Waals surface area contributed by atoms with Crippen molar-refractivity contribution >= 4 is 27.6 Å². The molecule has 0 saturated heterocycles. The van der Waals surface area contributed by atoms with Crippen LogP contribution in [0.2, 0.25) is 0 Å². The van der Waals surface area contributed by atoms with Gasteiger partial charge in [-0.1, -0.05) is 6.92 Å². The maximum atomic E-state index is 11.6. The van der Waals surface area contributed by atoms with Gasteiger partial charge in [0.15, 0.2) is 0 Å². The number of amides is 2. The minimum atomic E-state index is -0.160. The second-order valence-electron chi connectivity index (χ2n) is 4.48. The van der Waals surface area contributed by atoms with E-state index in [1.165, 1.54) is 0 Å². The summed E-state index contributed by atoms with van der Waals surface area (Å²) in [6.45, 7) is 4.43. The molecule has 0 spiro atoms. The lowest BCUT2D eigenvalue weighted by atomic mass is 10.3. The molecule has 0 fully saturated rings. The van der Waals surface area contributed by atoms with Gasteiger partial charge in [0.05, 0.1) is 12.2 Å². The van der Waals surface area contributed by atoms with E-state index in [9.17, 15) is 4.79 Å². The molecule has 2 aromatic rings. The number of hydrogen-bond acceptors (Lipinski definition) is 2. The highest BCUT2D eigenvalue weighted by Crippen LogP contribution is 2.12. The van der Waals surface area contributed by atoms with Gasteiger partial charge in [-0.25, -0.2) is 9.78 Å². The van der Waals surface area contributed by atoms with E-state index in [2.05, 4.69) is 31.5 Å². The van der Waals surface area contributed by atoms with Crippen molar-refractivity contribution in [2.75, 3.05) is 0 Å². The standard InChI is InChI=1S/C13H17BrN4O/c1-3-9(2)16-13(19)15-6-11-8-18-7-10(14)4-5-12(18)17-11/h4-5,7-9H,3,6H2,1-2H3,(H2,15,16,19)/t9-/m1/s1. The van der Waals surface area contributed by atoms with Crippen molar-refractivity contribution in [3.8, 4) is 0 Å². The third kappa shape index (κ3) is 3.70. The van der Waals surface area contributed by atoms with Crippen LogP contribution in [-0.2, 0) is 6.54 Å². The lowest BCUT2D eigenvalue weighted by Gasteiger charge is -2.11. The van der Waals surface area contributed by atoms with Gasteiger partial charge in [0.1, 0.15) is 5.65 Å². The monoisotopic (exact) mass is 324 g/mol. The van der Waals surface area contributed by atoms with Crippen LogP contribution in [-0.4, -0.2) is 21.5 Å². The number of carbonyl (C=O) groups is 1. The Bertz CT molecular complexity index is 581. The topological polar surface area (TPSA) is 58.4 Å². The second-order valence-corrected chi connectivity index (χ2v) is 5.40. The van der Waals surface area contributed by atoms with Crippen molar-refractivity contribution < 1.29 is 4.79 Å². The molecule has 2 rings (SSSR count). The Morgan fingerprint density at radius 2 is 2.26 bits per heavy atom. The number of nitrogens with one attached hydrogen (secondary N) is 2. The van der Waals surface area contributed by atoms with Crippen LogP contribution in [0.15, 0.2) is 29.0 Å². The molecule has 0 aromatic carbocycles. The van der Waals surface area contributed by atoms with Crippen LogP contribution >= 0.6 is 15.9 Å². The van der Waals surface area contributed by atoms with Crippen LogP contribution in [0.3, 0.4) is 0 Å². The molecule has 0 aliphatic carbocycles. The summed E-state index contributed by atoms with van der Waals surface area (Å²) in [5.74, 6) is 0. The first-order chi connectivity index (χ1) is 9.08. The smallest absolute Gasteiger partial charge is 0.315 e. The molecular formula is C13H17BrN4O. The summed E-state index contributed by atoms with van der Waals surface area (Å²) in [7, 11) is 0. The van der Waals surface area contributed by atoms with E-state index in [4.69, 9.17) is 0 Å². The predicted molar refractivity (Wildman–Crippen MR) is 78.0 cm³/mol. The van der Waals surface area contributed by atoms with Crippen molar-refractivity contribution in [1.82, 2.24) is 20.0 Å². The number of pyridine rings is 1. The molecule has 6 heteroatoms. The highest BCUT2D eigenvalue weighted by Gasteiger charge is 2.06. The maximum absolute atomic E-state index is 11.6. The van der Waals surface area contributed by atoms with Crippen molar-refractivity contribution in [2.45, 2.75) is 32.9 Å². The average Bonchev–Trinajstić information content (AvgIpc) is 2.78. The number of halogens is 1. The first-order valence-corrected chi connectivity index (χ1v) is 7.05. The first kappa shape index (κ1) is 13.9. The number of rotatable bonds is 4. The van der Waals surface area contributed by atoms with Crippen LogP contribution in [0.5, 0.6) is 0 Å². The summed E-state index contributed by atoms with van der Waals surface area (Å²) in [6, 6.07) is 3.88. The number of nitrogens with zero attached hydrogens (tertiary/aromatic N) is 2. The van der Waals surface area contributed by atoms with E-state index in [1.807, 2.05) is 42.8 Å². The molecular weight excluding hydrogens is 308 g/mol. The van der Waals surface area contributed by atoms with Gasteiger partial charge in [0, 0.05) is 22.9 Å². The molecule has 0 radical (unpaired) electrons. The molecule has 1 atom stereocenters. The summed E-state index contributed by atoms with van der Waals surface area (Å²) in [5, 5.41) is 5.65. The molecule has 0 unspecified atom stereocenters. The summed E-state index contributed by atoms with van der Waals surface area (Å²) in [5.41, 5.74) is 1.69. The minimum Gasteiger partial charge on any atom is -0.336 e. The Labute approximate surface area is 120 Å². The zero-order valence-electron chi connectivity index (χ0n) is 11.0. The number of carbonyl (C=O) groups excluding carboxylic acids is 1. The van der Waals surface area contributed by atoms with E-state index in [1.54, 1.807) is 0 Å². The largest absolute Gasteiger partial charge is 0.336 e. The average molecular weight is 325 g/mol. The molecule has 0 aliphatic heterocycles. The number of urea groups is 1. The van der Waals surface area contributed by atoms with E-state index in [0.717, 1.165) is 22.2 Å². The van der Waals surface area contributed by atoms with Gasteiger partial charge in [-0.05, 0) is 41.4 Å². The van der Waals surface area contributed by atoms with Crippen LogP contribution in [0.4, 0.5) is 4.79 Å². The van der Waals surface area contributed by atoms with E-state index in [-0.39, 0.29) is 12.1 Å². The Morgan fingerprint density at radius 1 is 1.47 bits per heavy atom. The molecule has 102 valence electrons. The Kier molecular flexibility index (Phi) is 4.42. The number of imidazole rings is 1. The fourth-order valence-electron chi connectivity index (χ4n) is 1.65. The van der Waals surface area contributed by atoms with Gasteiger partial charge in [0.25, 0.3) is 0 Å². The van der Waals surface area contributed by atoms with Gasteiger partial charge in [-0.2, -0.15) is 0 Å². The van der Waals surface area contributed by atoms with Gasteiger partial charge in [-0.15, -0.1) is 0 Å². The second kappa shape index (κ2) is 6.06. The van der Waals surface area contributed by atoms with Crippen molar-refractivity contribution in [3.63, 3.8) is 0 Å². The molecule has 19 heavy (non-hydrogen) atoms. The predicted octanol–water partition coefficient (Wildman–Crippen LogP) is 2.69. The van der Waals surface area contributed by atoms with Gasteiger partial charge in [0.2, 0.25) is 0 Å². The highest BCUT2D eigenvalue weighted by atomic mass is 79.9. The third-order valence-electron chi connectivity index (χ3n) is 2.88. The van der Waals surface area contributed by atoms with Gasteiger partial charge < -0.3 is 15.0 Å². The van der Waals surface area contributed by atoms with Crippen molar-refractivity contribution in [3.05, 3.63) is 34.7 Å². The quantitative estimate of drug-likeness (QED) is 0.908. The third-order valence-corrected chi connectivity index (χ3v) is 3.35. The van der Waals surface area contributed by atoms with Crippen LogP contribution in [0, 0.1) is 0 Å². The zero-order chi connectivity index (χ0) is 13.8. The SMILES string of the molecule is CC[C@@H](C)NC(=O)NCc1cn2cc(Br)ccc2n1. The maximum Gasteiger partial charge on any atom is 0.315 e. The van der Waals surface area contributed by atoms with Crippen LogP contribution in [0.25, 0.3) is 5.65 Å². The molecule has 0 saturated carbocycles. The fourth-order valence-corrected chi connectivity index (χ4v) is 2.00. The van der Waals surface area contributed by atoms with Crippen LogP contribution in [0.1, 0.15) is 26.0 Å². The minimum absolute atomic E-state index is 0.160. The first-order valence-electron chi connectivity index (χ1n) is 6.26. The molecule has 0 aliphatic rings. The summed E-state index contributed by atoms with van der Waals surface area (Å²) >= 11 is 3.41. The summed E-state index contributed by atoms with van der Waals surface area (Å²) < 4.78 is 2.92. The molecule has 2 N–H and O–H groups in total. The number of aromatic nitrogens is 2. The van der Waals surface area contributed by atoms with E-state index < -0.39 is 0 Å². The van der Waals surface area contributed by atoms with E-state index in [0.29, 0.717) is 6.54 Å². The molecule has 2 amide bonds. The summed E-state index contributed by atoms with van der Waals surface area (Å²) in [4.78, 5) is 16.0. The molecule has 5 nitrogen and oxygen atoms in total. The lowest BCUT2D eigenvalue weighted by molar-refractivity contribution is 0.237. The zero-order valence-corrected chi connectivity index (χ0v) is 12.6. The van der Waals surface area contributed by atoms with E-state index >= 15 is 0 Å². The highest BCUT2D eigenvalue weighted by molar-refractivity contribution is 9.10. The number of fused-ring (bicyclic) bond motifs is 1. The van der Waals surface area contributed by atoms with Crippen molar-refractivity contribution in [2.24, 2.45) is 0 Å². The fraction of sp³-hybridized carbons (Fsp3) is 0.385. The van der Waals surface area contributed by atoms with Crippen LogP contribution < -0.4 is 10.6 Å². The Morgan fingerprint density at radius 3 is 3.00 bits per heavy atom. The Hall–Kier alpha value is -1.56. The lowest BCUT2D eigenvalue weighted by Crippen LogP contribution is -2.40. The normalized spacial score (nSPS) is 12.4. The van der Waals surface area contributed by atoms with Gasteiger partial charge >= 0.3 is 6.03 Å². The molecule has 0 bridgehead atoms.